The van der Waals surface area contributed by atoms with E-state index in [0.717, 1.165) is 20.8 Å². The van der Waals surface area contributed by atoms with Crippen molar-refractivity contribution in [3.8, 4) is 0 Å². The topological polar surface area (TPSA) is 39.2 Å². The van der Waals surface area contributed by atoms with E-state index in [1.54, 1.807) is 24.3 Å². The van der Waals surface area contributed by atoms with E-state index >= 15 is 0 Å². The monoisotopic (exact) mass is 247 g/mol. The summed E-state index contributed by atoms with van der Waals surface area (Å²) in [4.78, 5) is 15.6. The van der Waals surface area contributed by atoms with Gasteiger partial charge >= 0.3 is 5.97 Å². The predicted molar refractivity (Wildman–Crippen MR) is 70.0 cm³/mol. The zero-order chi connectivity index (χ0) is 12.3. The number of hydrogen-bond donors (Lipinski definition) is 0. The van der Waals surface area contributed by atoms with Gasteiger partial charge in [-0.3, -0.25) is 0 Å². The van der Waals surface area contributed by atoms with Crippen LogP contribution in [-0.4, -0.2) is 17.6 Å². The average Bonchev–Trinajstić information content (AvgIpc) is 2.67. The van der Waals surface area contributed by atoms with E-state index in [2.05, 4.69) is 4.98 Å². The maximum absolute atomic E-state index is 11.2. The number of carbonyl (C=O) groups excluding carboxylic acids is 1. The van der Waals surface area contributed by atoms with Gasteiger partial charge in [-0.15, -0.1) is 11.3 Å². The number of thiazole rings is 1. The van der Waals surface area contributed by atoms with Gasteiger partial charge in [-0.2, -0.15) is 0 Å². The molecule has 88 valence electrons. The van der Waals surface area contributed by atoms with E-state index in [1.807, 2.05) is 25.1 Å². The minimum atomic E-state index is -0.314. The molecule has 0 fully saturated rings. The van der Waals surface area contributed by atoms with Crippen LogP contribution < -0.4 is 0 Å². The van der Waals surface area contributed by atoms with Gasteiger partial charge in [0.05, 0.1) is 21.8 Å². The van der Waals surface area contributed by atoms with Crippen molar-refractivity contribution < 1.29 is 9.53 Å². The van der Waals surface area contributed by atoms with Crippen LogP contribution in [-0.2, 0) is 9.53 Å². The number of carbonyl (C=O) groups is 1. The highest BCUT2D eigenvalue weighted by Gasteiger charge is 2.03. The van der Waals surface area contributed by atoms with Crippen LogP contribution in [0.5, 0.6) is 0 Å². The molecule has 0 N–H and O–H groups in total. The van der Waals surface area contributed by atoms with Crippen molar-refractivity contribution in [3.05, 3.63) is 34.8 Å². The number of esters is 1. The molecule has 0 aliphatic carbocycles. The largest absolute Gasteiger partial charge is 0.463 e. The lowest BCUT2D eigenvalue weighted by atomic mass is 10.2. The Morgan fingerprint density at radius 1 is 1.53 bits per heavy atom. The maximum atomic E-state index is 11.2. The molecular formula is C13H13NO2S. The number of nitrogens with zero attached hydrogens (tertiary/aromatic N) is 1. The van der Waals surface area contributed by atoms with Crippen LogP contribution >= 0.6 is 11.3 Å². The summed E-state index contributed by atoms with van der Waals surface area (Å²) in [6, 6.07) is 5.88. The molecule has 1 heterocycles. The lowest BCUT2D eigenvalue weighted by Gasteiger charge is -1.96. The molecule has 1 aromatic heterocycles. The molecule has 0 atom stereocenters. The van der Waals surface area contributed by atoms with Gasteiger partial charge in [0.15, 0.2) is 0 Å². The van der Waals surface area contributed by atoms with E-state index in [0.29, 0.717) is 6.61 Å². The van der Waals surface area contributed by atoms with Gasteiger partial charge in [0.1, 0.15) is 0 Å². The van der Waals surface area contributed by atoms with Gasteiger partial charge in [-0.25, -0.2) is 9.78 Å². The molecule has 0 spiro atoms. The van der Waals surface area contributed by atoms with Crippen molar-refractivity contribution in [1.82, 2.24) is 4.98 Å². The van der Waals surface area contributed by atoms with E-state index in [-0.39, 0.29) is 5.97 Å². The summed E-state index contributed by atoms with van der Waals surface area (Å²) in [5, 5.41) is 1.02. The molecule has 0 saturated carbocycles. The summed E-state index contributed by atoms with van der Waals surface area (Å²) in [6.07, 6.45) is 3.23. The van der Waals surface area contributed by atoms with Crippen LogP contribution in [0.3, 0.4) is 0 Å². The Bertz CT molecular complexity index is 572. The van der Waals surface area contributed by atoms with Gasteiger partial charge < -0.3 is 4.74 Å². The fourth-order valence-corrected chi connectivity index (χ4v) is 2.47. The Kier molecular flexibility index (Phi) is 3.54. The molecule has 0 amide bonds. The first kappa shape index (κ1) is 11.8. The molecule has 4 heteroatoms. The minimum Gasteiger partial charge on any atom is -0.463 e. The lowest BCUT2D eigenvalue weighted by Crippen LogP contribution is -1.98. The third-order valence-corrected chi connectivity index (χ3v) is 3.27. The number of hydrogen-bond acceptors (Lipinski definition) is 4. The first-order valence-electron chi connectivity index (χ1n) is 5.41. The molecular weight excluding hydrogens is 234 g/mol. The van der Waals surface area contributed by atoms with Gasteiger partial charge in [0.2, 0.25) is 0 Å². The Morgan fingerprint density at radius 3 is 3.12 bits per heavy atom. The molecule has 0 aliphatic heterocycles. The molecule has 17 heavy (non-hydrogen) atoms. The molecule has 3 nitrogen and oxygen atoms in total. The highest BCUT2D eigenvalue weighted by atomic mass is 32.1. The third kappa shape index (κ3) is 2.71. The summed E-state index contributed by atoms with van der Waals surface area (Å²) < 4.78 is 5.95. The summed E-state index contributed by atoms with van der Waals surface area (Å²) >= 11 is 1.63. The fourth-order valence-electron chi connectivity index (χ4n) is 1.56. The van der Waals surface area contributed by atoms with Crippen molar-refractivity contribution in [3.63, 3.8) is 0 Å². The summed E-state index contributed by atoms with van der Waals surface area (Å²) in [6.45, 7) is 4.16. The van der Waals surface area contributed by atoms with Gasteiger partial charge in [-0.05, 0) is 31.6 Å². The number of ether oxygens (including phenoxy) is 1. The molecule has 0 unspecified atom stereocenters. The minimum absolute atomic E-state index is 0.314. The first-order chi connectivity index (χ1) is 8.20. The molecule has 0 saturated heterocycles. The molecule has 0 bridgehead atoms. The van der Waals surface area contributed by atoms with Crippen LogP contribution in [0, 0.1) is 6.92 Å². The average molecular weight is 247 g/mol. The van der Waals surface area contributed by atoms with Crippen LogP contribution in [0.4, 0.5) is 0 Å². The zero-order valence-corrected chi connectivity index (χ0v) is 10.6. The Balaban J connectivity index is 2.32. The molecule has 1 aromatic carbocycles. The maximum Gasteiger partial charge on any atom is 0.330 e. The third-order valence-electron chi connectivity index (χ3n) is 2.24. The van der Waals surface area contributed by atoms with E-state index < -0.39 is 0 Å². The van der Waals surface area contributed by atoms with Crippen molar-refractivity contribution in [2.45, 2.75) is 13.8 Å². The number of benzene rings is 1. The van der Waals surface area contributed by atoms with E-state index in [4.69, 9.17) is 4.74 Å². The lowest BCUT2D eigenvalue weighted by molar-refractivity contribution is -0.137. The smallest absolute Gasteiger partial charge is 0.330 e. The van der Waals surface area contributed by atoms with Crippen LogP contribution in [0.15, 0.2) is 24.3 Å². The van der Waals surface area contributed by atoms with Gasteiger partial charge in [0, 0.05) is 6.08 Å². The van der Waals surface area contributed by atoms with Gasteiger partial charge in [-0.1, -0.05) is 12.1 Å². The van der Waals surface area contributed by atoms with Crippen LogP contribution in [0.1, 0.15) is 17.5 Å². The van der Waals surface area contributed by atoms with E-state index in [1.165, 1.54) is 6.08 Å². The van der Waals surface area contributed by atoms with Crippen LogP contribution in [0.25, 0.3) is 16.3 Å². The predicted octanol–water partition coefficient (Wildman–Crippen LogP) is 3.18. The van der Waals surface area contributed by atoms with E-state index in [9.17, 15) is 4.79 Å². The SMILES string of the molecule is CCOC(=O)/C=C\c1cccc2nc(C)sc12. The molecule has 0 radical (unpaired) electrons. The highest BCUT2D eigenvalue weighted by molar-refractivity contribution is 7.18. The normalized spacial score (nSPS) is 11.2. The Labute approximate surface area is 104 Å². The zero-order valence-electron chi connectivity index (χ0n) is 9.77. The standard InChI is InChI=1S/C13H13NO2S/c1-3-16-12(15)8-7-10-5-4-6-11-13(10)17-9(2)14-11/h4-8H,3H2,1-2H3/b8-7-. The number of fused-ring (bicyclic) bond motifs is 1. The molecule has 2 rings (SSSR count). The quantitative estimate of drug-likeness (QED) is 0.617. The van der Waals surface area contributed by atoms with Gasteiger partial charge in [0.25, 0.3) is 0 Å². The number of aryl methyl sites for hydroxylation is 1. The second-order valence-electron chi connectivity index (χ2n) is 3.51. The number of rotatable bonds is 3. The second-order valence-corrected chi connectivity index (χ2v) is 4.72. The summed E-state index contributed by atoms with van der Waals surface area (Å²) in [5.74, 6) is -0.314. The fraction of sp³-hybridized carbons (Fsp3) is 0.231. The second kappa shape index (κ2) is 5.10. The Hall–Kier alpha value is -1.68. The Morgan fingerprint density at radius 2 is 2.35 bits per heavy atom. The van der Waals surface area contributed by atoms with Crippen molar-refractivity contribution in [2.24, 2.45) is 0 Å². The first-order valence-corrected chi connectivity index (χ1v) is 6.23. The molecule has 0 aliphatic rings. The molecule has 2 aromatic rings. The van der Waals surface area contributed by atoms with Crippen molar-refractivity contribution in [2.75, 3.05) is 6.61 Å². The highest BCUT2D eigenvalue weighted by Crippen LogP contribution is 2.26. The number of aromatic nitrogens is 1. The van der Waals surface area contributed by atoms with Crippen molar-refractivity contribution >= 4 is 33.6 Å². The van der Waals surface area contributed by atoms with Crippen LogP contribution in [0.2, 0.25) is 0 Å². The summed E-state index contributed by atoms with van der Waals surface area (Å²) in [7, 11) is 0. The van der Waals surface area contributed by atoms with Crippen molar-refractivity contribution in [1.29, 1.82) is 0 Å². The summed E-state index contributed by atoms with van der Waals surface area (Å²) in [5.41, 5.74) is 1.97.